The second-order valence-corrected chi connectivity index (χ2v) is 13.6. The van der Waals surface area contributed by atoms with E-state index in [1.54, 1.807) is 4.90 Å². The lowest BCUT2D eigenvalue weighted by Gasteiger charge is -2.33. The molecule has 44 heavy (non-hydrogen) atoms. The molecule has 3 atom stereocenters. The van der Waals surface area contributed by atoms with Crippen molar-refractivity contribution in [2.75, 3.05) is 50.4 Å². The fourth-order valence-electron chi connectivity index (χ4n) is 6.95. The Bertz CT molecular complexity index is 1590. The number of amides is 1. The van der Waals surface area contributed by atoms with Gasteiger partial charge in [-0.2, -0.15) is 10.2 Å². The van der Waals surface area contributed by atoms with E-state index in [4.69, 9.17) is 25.0 Å². The van der Waals surface area contributed by atoms with Crippen molar-refractivity contribution >= 4 is 28.1 Å². The number of pyridine rings is 1. The van der Waals surface area contributed by atoms with Crippen molar-refractivity contribution in [3.05, 3.63) is 46.7 Å². The average Bonchev–Trinajstić information content (AvgIpc) is 3.60. The molecule has 0 bridgehead atoms. The molecule has 6 rings (SSSR count). The predicted molar refractivity (Wildman–Crippen MR) is 170 cm³/mol. The van der Waals surface area contributed by atoms with Crippen LogP contribution in [0.3, 0.4) is 0 Å². The molecule has 232 valence electrons. The molecule has 3 aromatic rings. The van der Waals surface area contributed by atoms with Crippen molar-refractivity contribution in [1.29, 1.82) is 5.26 Å². The summed E-state index contributed by atoms with van der Waals surface area (Å²) in [5.41, 5.74) is 7.60. The van der Waals surface area contributed by atoms with Gasteiger partial charge in [0.05, 0.1) is 17.5 Å². The first-order chi connectivity index (χ1) is 21.2. The number of rotatable bonds is 6. The maximum absolute atomic E-state index is 12.3. The summed E-state index contributed by atoms with van der Waals surface area (Å²) in [6.07, 6.45) is 6.51. The van der Waals surface area contributed by atoms with Crippen LogP contribution >= 0.6 is 11.3 Å². The third kappa shape index (κ3) is 5.66. The van der Waals surface area contributed by atoms with Gasteiger partial charge in [0, 0.05) is 48.2 Å². The number of fused-ring (bicyclic) bond motifs is 1. The lowest BCUT2D eigenvalue weighted by Crippen LogP contribution is -2.43. The van der Waals surface area contributed by atoms with Crippen LogP contribution in [0, 0.1) is 11.3 Å². The van der Waals surface area contributed by atoms with E-state index in [0.717, 1.165) is 74.4 Å². The van der Waals surface area contributed by atoms with Gasteiger partial charge in [-0.15, -0.1) is 11.3 Å². The molecular formula is C32H40N8O3S. The topological polar surface area (TPSA) is 138 Å². The number of ether oxygens (including phenoxy) is 1. The number of hydrogen-bond acceptors (Lipinski definition) is 11. The summed E-state index contributed by atoms with van der Waals surface area (Å²) < 4.78 is 12.5. The summed E-state index contributed by atoms with van der Waals surface area (Å²) in [5.74, 6) is 2.19. The van der Waals surface area contributed by atoms with Crippen LogP contribution in [0.2, 0.25) is 0 Å². The van der Waals surface area contributed by atoms with Crippen LogP contribution in [0.25, 0.3) is 11.5 Å². The summed E-state index contributed by atoms with van der Waals surface area (Å²) >= 11 is 1.48. The highest BCUT2D eigenvalue weighted by Crippen LogP contribution is 2.48. The quantitative estimate of drug-likeness (QED) is 0.397. The average molecular weight is 617 g/mol. The molecule has 11 nitrogen and oxygen atoms in total. The molecule has 0 radical (unpaired) electrons. The van der Waals surface area contributed by atoms with Crippen LogP contribution in [-0.4, -0.2) is 82.7 Å². The Kier molecular flexibility index (Phi) is 8.35. The molecule has 0 saturated carbocycles. The number of nitrogens with zero attached hydrogens (tertiary/aromatic N) is 7. The van der Waals surface area contributed by atoms with Gasteiger partial charge < -0.3 is 29.7 Å². The first-order valence-electron chi connectivity index (χ1n) is 15.4. The van der Waals surface area contributed by atoms with Crippen LogP contribution in [0.5, 0.6) is 5.75 Å². The van der Waals surface area contributed by atoms with E-state index < -0.39 is 5.41 Å². The number of anilines is 2. The van der Waals surface area contributed by atoms with Crippen molar-refractivity contribution < 1.29 is 14.1 Å². The number of carbonyl (C=O) groups excluding carboxylic acids is 1. The minimum atomic E-state index is -0.623. The Labute approximate surface area is 262 Å². The smallest absolute Gasteiger partial charge is 0.246 e. The second kappa shape index (κ2) is 12.2. The summed E-state index contributed by atoms with van der Waals surface area (Å²) in [7, 11) is 2.15. The van der Waals surface area contributed by atoms with Gasteiger partial charge in [-0.1, -0.05) is 11.7 Å². The van der Waals surface area contributed by atoms with Gasteiger partial charge in [-0.25, -0.2) is 4.98 Å². The largest absolute Gasteiger partial charge is 0.488 e. The first-order valence-corrected chi connectivity index (χ1v) is 16.2. The number of aryl methyl sites for hydroxylation is 1. The number of hydrogen-bond donors (Lipinski definition) is 1. The monoisotopic (exact) mass is 616 g/mol. The fourth-order valence-corrected chi connectivity index (χ4v) is 8.14. The number of carbonyl (C=O) groups is 1. The number of aromatic nitrogens is 3. The zero-order valence-corrected chi connectivity index (χ0v) is 26.5. The second-order valence-electron chi connectivity index (χ2n) is 12.4. The molecule has 2 saturated heterocycles. The Morgan fingerprint density at radius 2 is 2.09 bits per heavy atom. The summed E-state index contributed by atoms with van der Waals surface area (Å²) in [6, 6.07) is 6.40. The van der Waals surface area contributed by atoms with E-state index in [9.17, 15) is 10.1 Å². The zero-order valence-electron chi connectivity index (χ0n) is 25.7. The zero-order chi connectivity index (χ0) is 31.0. The molecule has 1 amide bonds. The van der Waals surface area contributed by atoms with Gasteiger partial charge in [0.15, 0.2) is 0 Å². The molecule has 1 aliphatic carbocycles. The van der Waals surface area contributed by atoms with Crippen molar-refractivity contribution in [3.8, 4) is 23.3 Å². The number of thiophene rings is 1. The molecule has 2 fully saturated rings. The van der Waals surface area contributed by atoms with Crippen molar-refractivity contribution in [3.63, 3.8) is 0 Å². The van der Waals surface area contributed by atoms with Crippen LogP contribution < -0.4 is 15.4 Å². The summed E-state index contributed by atoms with van der Waals surface area (Å²) in [4.78, 5) is 29.8. The number of likely N-dealkylation sites (N-methyl/N-ethyl adjacent to an activating group) is 1. The SMILES string of the molecule is C=CC(=O)N1CCCC(Oc2cc(-c3noc([C@@]4(C)CCCc5sc(N)c(C#N)c54)n3)nc(N3CCCN(C)C[C@@H]3C)c2)C1. The molecule has 1 unspecified atom stereocenters. The number of piperidine rings is 1. The lowest BCUT2D eigenvalue weighted by atomic mass is 9.72. The molecule has 2 N–H and O–H groups in total. The molecule has 12 heteroatoms. The molecule has 5 heterocycles. The maximum atomic E-state index is 12.3. The molecule has 0 aromatic carbocycles. The highest BCUT2D eigenvalue weighted by molar-refractivity contribution is 7.16. The van der Waals surface area contributed by atoms with E-state index in [2.05, 4.69) is 48.5 Å². The highest BCUT2D eigenvalue weighted by Gasteiger charge is 2.43. The Morgan fingerprint density at radius 3 is 2.89 bits per heavy atom. The molecule has 0 spiro atoms. The summed E-state index contributed by atoms with van der Waals surface area (Å²) in [5, 5.41) is 14.9. The molecule has 2 aliphatic heterocycles. The molecular weight excluding hydrogens is 576 g/mol. The highest BCUT2D eigenvalue weighted by atomic mass is 32.1. The molecule has 3 aliphatic rings. The van der Waals surface area contributed by atoms with E-state index >= 15 is 0 Å². The van der Waals surface area contributed by atoms with Crippen molar-refractivity contribution in [1.82, 2.24) is 24.9 Å². The van der Waals surface area contributed by atoms with Crippen molar-refractivity contribution in [2.24, 2.45) is 0 Å². The van der Waals surface area contributed by atoms with Gasteiger partial charge in [0.25, 0.3) is 0 Å². The van der Waals surface area contributed by atoms with Crippen molar-refractivity contribution in [2.45, 2.75) is 69.9 Å². The minimum absolute atomic E-state index is 0.0810. The predicted octanol–water partition coefficient (Wildman–Crippen LogP) is 4.38. The maximum Gasteiger partial charge on any atom is 0.246 e. The van der Waals surface area contributed by atoms with E-state index in [-0.39, 0.29) is 18.1 Å². The minimum Gasteiger partial charge on any atom is -0.488 e. The standard InChI is InChI=1S/C32H40N8O3S/c1-5-27(41)39-13-7-9-21(19-39)42-22-15-24(35-26(16-22)40-14-8-12-38(4)18-20(40)2)30-36-31(43-37-30)32(3)11-6-10-25-28(32)23(17-33)29(34)44-25/h5,15-16,20-21H,1,6-14,18-19,34H2,2-4H3/t20-,21?,32-/m0/s1. The summed E-state index contributed by atoms with van der Waals surface area (Å²) in [6.45, 7) is 11.9. The van der Waals surface area contributed by atoms with Crippen LogP contribution in [-0.2, 0) is 16.6 Å². The van der Waals surface area contributed by atoms with E-state index in [1.807, 2.05) is 12.1 Å². The third-order valence-electron chi connectivity index (χ3n) is 9.17. The number of nitriles is 1. The normalized spacial score (nSPS) is 24.3. The van der Waals surface area contributed by atoms with Gasteiger partial charge in [0.2, 0.25) is 17.6 Å². The van der Waals surface area contributed by atoms with E-state index in [1.165, 1.54) is 17.4 Å². The van der Waals surface area contributed by atoms with E-state index in [0.29, 0.717) is 46.8 Å². The third-order valence-corrected chi connectivity index (χ3v) is 10.3. The molecule has 3 aromatic heterocycles. The van der Waals surface area contributed by atoms with Crippen LogP contribution in [0.1, 0.15) is 67.8 Å². The number of likely N-dealkylation sites (tertiary alicyclic amines) is 1. The van der Waals surface area contributed by atoms with Gasteiger partial charge in [0.1, 0.15) is 34.4 Å². The Hall–Kier alpha value is -3.95. The van der Waals surface area contributed by atoms with Gasteiger partial charge in [-0.3, -0.25) is 4.79 Å². The first kappa shape index (κ1) is 30.1. The van der Waals surface area contributed by atoms with Crippen LogP contribution in [0.15, 0.2) is 29.3 Å². The number of nitrogen functional groups attached to an aromatic ring is 1. The Balaban J connectivity index is 1.37. The van der Waals surface area contributed by atoms with Crippen LogP contribution in [0.4, 0.5) is 10.8 Å². The van der Waals surface area contributed by atoms with Gasteiger partial charge >= 0.3 is 0 Å². The Morgan fingerprint density at radius 1 is 1.25 bits per heavy atom. The number of nitrogens with two attached hydrogens (primary N) is 1. The lowest BCUT2D eigenvalue weighted by molar-refractivity contribution is -0.128. The fraction of sp³-hybridized carbons (Fsp3) is 0.531. The van der Waals surface area contributed by atoms with Gasteiger partial charge in [-0.05, 0) is 72.0 Å².